The smallest absolute Gasteiger partial charge is 0.257 e. The minimum absolute atomic E-state index is 0.208. The van der Waals surface area contributed by atoms with Crippen molar-refractivity contribution in [1.29, 1.82) is 0 Å². The van der Waals surface area contributed by atoms with E-state index in [0.717, 1.165) is 6.07 Å². The Balaban J connectivity index is 2.99. The van der Waals surface area contributed by atoms with E-state index in [2.05, 4.69) is 0 Å². The molecule has 0 radical (unpaired) electrons. The Bertz CT molecular complexity index is 317. The molecule has 1 aromatic carbocycles. The fourth-order valence-electron chi connectivity index (χ4n) is 1.04. The van der Waals surface area contributed by atoms with Crippen molar-refractivity contribution in [2.45, 2.75) is 12.5 Å². The lowest BCUT2D eigenvalue weighted by molar-refractivity contribution is 0.114. The molecule has 0 unspecified atom stereocenters. The Morgan fingerprint density at radius 2 is 2.00 bits per heavy atom. The lowest BCUT2D eigenvalue weighted by atomic mass is 10.1. The summed E-state index contributed by atoms with van der Waals surface area (Å²) in [6.45, 7) is 0. The number of halogens is 3. The van der Waals surface area contributed by atoms with Gasteiger partial charge in [-0.25, -0.2) is 13.2 Å². The highest BCUT2D eigenvalue weighted by atomic mass is 19.3. The molecule has 5 heteroatoms. The standard InChI is InChI=1S/C9H10F3NO/c1-14-5-2-3-6(7(10)4-5)8(13)9(11)12/h2-4,8-9H,13H2,1H3/t8-/m1/s1. The van der Waals surface area contributed by atoms with Gasteiger partial charge in [0.15, 0.2) is 0 Å². The van der Waals surface area contributed by atoms with Crippen LogP contribution in [0.5, 0.6) is 5.75 Å². The van der Waals surface area contributed by atoms with Crippen molar-refractivity contribution in [3.8, 4) is 5.75 Å². The van der Waals surface area contributed by atoms with Gasteiger partial charge in [-0.3, -0.25) is 0 Å². The molecular formula is C9H10F3NO. The number of rotatable bonds is 3. The largest absolute Gasteiger partial charge is 0.497 e. The minimum Gasteiger partial charge on any atom is -0.497 e. The number of alkyl halides is 2. The van der Waals surface area contributed by atoms with Crippen LogP contribution in [0.3, 0.4) is 0 Å². The summed E-state index contributed by atoms with van der Waals surface area (Å²) in [6, 6.07) is 2.02. The fourth-order valence-corrected chi connectivity index (χ4v) is 1.04. The third-order valence-electron chi connectivity index (χ3n) is 1.84. The highest BCUT2D eigenvalue weighted by Crippen LogP contribution is 2.24. The van der Waals surface area contributed by atoms with E-state index in [1.807, 2.05) is 0 Å². The quantitative estimate of drug-likeness (QED) is 0.820. The molecule has 2 N–H and O–H groups in total. The second-order valence-electron chi connectivity index (χ2n) is 2.75. The first-order valence-corrected chi connectivity index (χ1v) is 3.93. The lowest BCUT2D eigenvalue weighted by Crippen LogP contribution is -2.20. The van der Waals surface area contributed by atoms with Gasteiger partial charge in [-0.2, -0.15) is 0 Å². The van der Waals surface area contributed by atoms with Crippen molar-refractivity contribution in [1.82, 2.24) is 0 Å². The predicted octanol–water partition coefficient (Wildman–Crippen LogP) is 2.10. The zero-order valence-electron chi connectivity index (χ0n) is 7.51. The number of nitrogens with two attached hydrogens (primary N) is 1. The molecule has 0 heterocycles. The maximum Gasteiger partial charge on any atom is 0.257 e. The fraction of sp³-hybridized carbons (Fsp3) is 0.333. The SMILES string of the molecule is COc1ccc([C@@H](N)C(F)F)c(F)c1. The van der Waals surface area contributed by atoms with Gasteiger partial charge in [0.05, 0.1) is 13.2 Å². The highest BCUT2D eigenvalue weighted by Gasteiger charge is 2.20. The maximum atomic E-state index is 13.2. The monoisotopic (exact) mass is 205 g/mol. The van der Waals surface area contributed by atoms with Gasteiger partial charge in [0.25, 0.3) is 6.43 Å². The second kappa shape index (κ2) is 4.32. The molecule has 1 atom stereocenters. The van der Waals surface area contributed by atoms with Gasteiger partial charge in [0.1, 0.15) is 11.6 Å². The average molecular weight is 205 g/mol. The Morgan fingerprint density at radius 1 is 1.36 bits per heavy atom. The second-order valence-corrected chi connectivity index (χ2v) is 2.75. The number of methoxy groups -OCH3 is 1. The van der Waals surface area contributed by atoms with Crippen LogP contribution in [-0.2, 0) is 0 Å². The van der Waals surface area contributed by atoms with Gasteiger partial charge in [0, 0.05) is 11.6 Å². The van der Waals surface area contributed by atoms with E-state index in [1.165, 1.54) is 19.2 Å². The van der Waals surface area contributed by atoms with Crippen LogP contribution in [0.25, 0.3) is 0 Å². The van der Waals surface area contributed by atoms with E-state index in [0.29, 0.717) is 0 Å². The Morgan fingerprint density at radius 3 is 2.43 bits per heavy atom. The van der Waals surface area contributed by atoms with Gasteiger partial charge < -0.3 is 10.5 Å². The Labute approximate surface area is 79.5 Å². The third-order valence-corrected chi connectivity index (χ3v) is 1.84. The summed E-state index contributed by atoms with van der Waals surface area (Å²) >= 11 is 0. The first kappa shape index (κ1) is 10.8. The summed E-state index contributed by atoms with van der Waals surface area (Å²) in [6.07, 6.45) is -2.78. The first-order valence-electron chi connectivity index (χ1n) is 3.93. The van der Waals surface area contributed by atoms with Crippen LogP contribution in [0.1, 0.15) is 11.6 Å². The molecule has 2 nitrogen and oxygen atoms in total. The molecule has 0 aliphatic carbocycles. The number of hydrogen-bond donors (Lipinski definition) is 1. The van der Waals surface area contributed by atoms with Crippen molar-refractivity contribution in [3.05, 3.63) is 29.6 Å². The van der Waals surface area contributed by atoms with Crippen LogP contribution in [0, 0.1) is 5.82 Å². The van der Waals surface area contributed by atoms with Crippen LogP contribution < -0.4 is 10.5 Å². The van der Waals surface area contributed by atoms with E-state index in [9.17, 15) is 13.2 Å². The third kappa shape index (κ3) is 2.17. The van der Waals surface area contributed by atoms with Crippen molar-refractivity contribution >= 4 is 0 Å². The van der Waals surface area contributed by atoms with Gasteiger partial charge in [0.2, 0.25) is 0 Å². The van der Waals surface area contributed by atoms with Crippen LogP contribution in [0.4, 0.5) is 13.2 Å². The number of hydrogen-bond acceptors (Lipinski definition) is 2. The van der Waals surface area contributed by atoms with Gasteiger partial charge >= 0.3 is 0 Å². The molecule has 78 valence electrons. The molecule has 1 rings (SSSR count). The predicted molar refractivity (Wildman–Crippen MR) is 45.9 cm³/mol. The summed E-state index contributed by atoms with van der Waals surface area (Å²) in [5.41, 5.74) is 4.89. The van der Waals surface area contributed by atoms with E-state index < -0.39 is 18.3 Å². The summed E-state index contributed by atoms with van der Waals surface area (Å²) < 4.78 is 42.2. The number of ether oxygens (including phenoxy) is 1. The molecule has 0 amide bonds. The van der Waals surface area contributed by atoms with Crippen LogP contribution in [0.15, 0.2) is 18.2 Å². The topological polar surface area (TPSA) is 35.2 Å². The average Bonchev–Trinajstić information content (AvgIpc) is 2.16. The van der Waals surface area contributed by atoms with Crippen molar-refractivity contribution in [3.63, 3.8) is 0 Å². The molecule has 0 fully saturated rings. The van der Waals surface area contributed by atoms with E-state index in [1.54, 1.807) is 0 Å². The van der Waals surface area contributed by atoms with E-state index >= 15 is 0 Å². The molecule has 0 aromatic heterocycles. The van der Waals surface area contributed by atoms with E-state index in [-0.39, 0.29) is 11.3 Å². The van der Waals surface area contributed by atoms with Gasteiger partial charge in [-0.15, -0.1) is 0 Å². The van der Waals surface area contributed by atoms with Crippen molar-refractivity contribution in [2.75, 3.05) is 7.11 Å². The molecule has 0 spiro atoms. The van der Waals surface area contributed by atoms with E-state index in [4.69, 9.17) is 10.5 Å². The molecule has 0 bridgehead atoms. The summed E-state index contributed by atoms with van der Waals surface area (Å²) in [5.74, 6) is -0.509. The molecule has 0 saturated heterocycles. The first-order chi connectivity index (χ1) is 6.56. The van der Waals surface area contributed by atoms with Crippen molar-refractivity contribution in [2.24, 2.45) is 5.73 Å². The lowest BCUT2D eigenvalue weighted by Gasteiger charge is -2.12. The summed E-state index contributed by atoms with van der Waals surface area (Å²) in [7, 11) is 1.36. The van der Waals surface area contributed by atoms with Crippen LogP contribution in [0.2, 0.25) is 0 Å². The minimum atomic E-state index is -2.78. The molecular weight excluding hydrogens is 195 g/mol. The molecule has 0 aliphatic heterocycles. The van der Waals surface area contributed by atoms with Gasteiger partial charge in [-0.1, -0.05) is 6.07 Å². The Hall–Kier alpha value is -1.23. The normalized spacial score (nSPS) is 13.0. The maximum absolute atomic E-state index is 13.2. The molecule has 0 saturated carbocycles. The Kier molecular flexibility index (Phi) is 3.35. The molecule has 0 aliphatic rings. The number of benzene rings is 1. The van der Waals surface area contributed by atoms with Crippen LogP contribution in [-0.4, -0.2) is 13.5 Å². The highest BCUT2D eigenvalue weighted by molar-refractivity contribution is 5.30. The molecule has 14 heavy (non-hydrogen) atoms. The zero-order valence-corrected chi connectivity index (χ0v) is 7.51. The zero-order chi connectivity index (χ0) is 10.7. The van der Waals surface area contributed by atoms with Crippen molar-refractivity contribution < 1.29 is 17.9 Å². The van der Waals surface area contributed by atoms with Gasteiger partial charge in [-0.05, 0) is 6.07 Å². The summed E-state index contributed by atoms with van der Waals surface area (Å²) in [5, 5.41) is 0. The summed E-state index contributed by atoms with van der Waals surface area (Å²) in [4.78, 5) is 0. The van der Waals surface area contributed by atoms with Crippen LogP contribution >= 0.6 is 0 Å². The molecule has 1 aromatic rings.